The number of methoxy groups -OCH3 is 1. The number of fused-ring (bicyclic) bond motifs is 1. The molecular weight excluding hydrogens is 256 g/mol. The number of ether oxygens (including phenoxy) is 2. The Hall–Kier alpha value is -1.24. The average molecular weight is 269 g/mol. The summed E-state index contributed by atoms with van der Waals surface area (Å²) in [5, 5.41) is 0.359. The zero-order valence-corrected chi connectivity index (χ0v) is 10.7. The molecule has 0 N–H and O–H groups in total. The maximum atomic E-state index is 5.97. The van der Waals surface area contributed by atoms with Gasteiger partial charge in [-0.2, -0.15) is 0 Å². The van der Waals surface area contributed by atoms with Crippen molar-refractivity contribution in [2.45, 2.75) is 31.8 Å². The molecule has 7 heteroatoms. The predicted octanol–water partition coefficient (Wildman–Crippen LogP) is 2.15. The van der Waals surface area contributed by atoms with Crippen LogP contribution in [0.15, 0.2) is 12.7 Å². The highest BCUT2D eigenvalue weighted by atomic mass is 35.5. The van der Waals surface area contributed by atoms with Crippen molar-refractivity contribution in [2.24, 2.45) is 0 Å². The van der Waals surface area contributed by atoms with Crippen molar-refractivity contribution in [1.29, 1.82) is 0 Å². The van der Waals surface area contributed by atoms with Gasteiger partial charge in [-0.1, -0.05) is 11.6 Å². The fourth-order valence-electron chi connectivity index (χ4n) is 2.18. The fraction of sp³-hybridized carbons (Fsp3) is 0.545. The molecule has 6 nitrogen and oxygen atoms in total. The Bertz CT molecular complexity index is 559. The predicted molar refractivity (Wildman–Crippen MR) is 65.1 cm³/mol. The second-order valence-electron chi connectivity index (χ2n) is 4.18. The van der Waals surface area contributed by atoms with E-state index in [1.807, 2.05) is 4.57 Å². The minimum atomic E-state index is -0.168. The Labute approximate surface area is 109 Å². The standard InChI is InChI=1S/C11H13ClN4O2/c1-17-8-4-2-3-7(18-8)16-6-15-9-10(12)13-5-14-11(9)16/h5-8H,2-4H2,1H3/t7-,8+/m1/s1. The molecule has 0 aliphatic carbocycles. The van der Waals surface area contributed by atoms with Crippen LogP contribution >= 0.6 is 11.6 Å². The number of imidazole rings is 1. The largest absolute Gasteiger partial charge is 0.356 e. The Balaban J connectivity index is 1.96. The maximum Gasteiger partial charge on any atom is 0.166 e. The maximum absolute atomic E-state index is 5.97. The van der Waals surface area contributed by atoms with E-state index in [0.29, 0.717) is 16.3 Å². The summed E-state index contributed by atoms with van der Waals surface area (Å²) >= 11 is 5.97. The number of hydrogen-bond acceptors (Lipinski definition) is 5. The van der Waals surface area contributed by atoms with Gasteiger partial charge in [0, 0.05) is 7.11 Å². The van der Waals surface area contributed by atoms with Crippen LogP contribution < -0.4 is 0 Å². The van der Waals surface area contributed by atoms with E-state index < -0.39 is 0 Å². The van der Waals surface area contributed by atoms with Crippen LogP contribution in [0.5, 0.6) is 0 Å². The third kappa shape index (κ3) is 1.96. The van der Waals surface area contributed by atoms with Crippen molar-refractivity contribution in [3.05, 3.63) is 17.8 Å². The molecule has 0 radical (unpaired) electrons. The molecule has 1 aliphatic heterocycles. The lowest BCUT2D eigenvalue weighted by Gasteiger charge is -2.29. The summed E-state index contributed by atoms with van der Waals surface area (Å²) in [4.78, 5) is 12.4. The smallest absolute Gasteiger partial charge is 0.166 e. The molecule has 0 bridgehead atoms. The van der Waals surface area contributed by atoms with Gasteiger partial charge in [-0.05, 0) is 19.3 Å². The Morgan fingerprint density at radius 1 is 1.39 bits per heavy atom. The first-order chi connectivity index (χ1) is 8.79. The quantitative estimate of drug-likeness (QED) is 0.781. The summed E-state index contributed by atoms with van der Waals surface area (Å²) < 4.78 is 12.9. The molecule has 96 valence electrons. The highest BCUT2D eigenvalue weighted by Gasteiger charge is 2.25. The molecular formula is C11H13ClN4O2. The SMILES string of the molecule is CO[C@@H]1CCC[C@H](n2cnc3c(Cl)ncnc32)O1. The van der Waals surface area contributed by atoms with E-state index in [4.69, 9.17) is 21.1 Å². The minimum Gasteiger partial charge on any atom is -0.356 e. The van der Waals surface area contributed by atoms with Gasteiger partial charge in [0.15, 0.2) is 17.1 Å². The molecule has 1 saturated heterocycles. The van der Waals surface area contributed by atoms with Gasteiger partial charge in [0.2, 0.25) is 0 Å². The molecule has 1 aliphatic rings. The zero-order chi connectivity index (χ0) is 12.5. The van der Waals surface area contributed by atoms with Gasteiger partial charge < -0.3 is 9.47 Å². The van der Waals surface area contributed by atoms with Crippen molar-refractivity contribution in [1.82, 2.24) is 19.5 Å². The van der Waals surface area contributed by atoms with E-state index in [-0.39, 0.29) is 12.5 Å². The van der Waals surface area contributed by atoms with E-state index in [1.165, 1.54) is 6.33 Å². The molecule has 1 fully saturated rings. The van der Waals surface area contributed by atoms with Crippen molar-refractivity contribution < 1.29 is 9.47 Å². The van der Waals surface area contributed by atoms with Crippen LogP contribution in [0, 0.1) is 0 Å². The number of aromatic nitrogens is 4. The van der Waals surface area contributed by atoms with Gasteiger partial charge in [-0.15, -0.1) is 0 Å². The lowest BCUT2D eigenvalue weighted by atomic mass is 10.1. The molecule has 2 aromatic heterocycles. The van der Waals surface area contributed by atoms with Crippen molar-refractivity contribution in [2.75, 3.05) is 7.11 Å². The molecule has 3 rings (SSSR count). The van der Waals surface area contributed by atoms with E-state index in [2.05, 4.69) is 15.0 Å². The Morgan fingerprint density at radius 2 is 2.28 bits per heavy atom. The number of nitrogens with zero attached hydrogens (tertiary/aromatic N) is 4. The molecule has 0 unspecified atom stereocenters. The summed E-state index contributed by atoms with van der Waals surface area (Å²) in [7, 11) is 1.65. The molecule has 0 saturated carbocycles. The van der Waals surface area contributed by atoms with Gasteiger partial charge in [0.25, 0.3) is 0 Å². The molecule has 3 heterocycles. The van der Waals surface area contributed by atoms with Crippen LogP contribution in [0.2, 0.25) is 5.15 Å². The van der Waals surface area contributed by atoms with Gasteiger partial charge in [-0.25, -0.2) is 15.0 Å². The highest BCUT2D eigenvalue weighted by Crippen LogP contribution is 2.30. The van der Waals surface area contributed by atoms with E-state index in [1.54, 1.807) is 13.4 Å². The topological polar surface area (TPSA) is 62.1 Å². The van der Waals surface area contributed by atoms with Gasteiger partial charge in [-0.3, -0.25) is 4.57 Å². The monoisotopic (exact) mass is 268 g/mol. The number of hydrogen-bond donors (Lipinski definition) is 0. The molecule has 18 heavy (non-hydrogen) atoms. The van der Waals surface area contributed by atoms with Gasteiger partial charge in [0.05, 0.1) is 6.33 Å². The summed E-state index contributed by atoms with van der Waals surface area (Å²) in [6.07, 6.45) is 5.70. The first-order valence-electron chi connectivity index (χ1n) is 5.81. The van der Waals surface area contributed by atoms with E-state index in [0.717, 1.165) is 19.3 Å². The minimum absolute atomic E-state index is 0.111. The van der Waals surface area contributed by atoms with Crippen molar-refractivity contribution >= 4 is 22.8 Å². The highest BCUT2D eigenvalue weighted by molar-refractivity contribution is 6.33. The average Bonchev–Trinajstić information content (AvgIpc) is 2.84. The van der Waals surface area contributed by atoms with Crippen LogP contribution in [0.25, 0.3) is 11.2 Å². The van der Waals surface area contributed by atoms with Crippen LogP contribution in [-0.2, 0) is 9.47 Å². The fourth-order valence-corrected chi connectivity index (χ4v) is 2.36. The lowest BCUT2D eigenvalue weighted by Crippen LogP contribution is -2.27. The van der Waals surface area contributed by atoms with E-state index in [9.17, 15) is 0 Å². The van der Waals surface area contributed by atoms with Gasteiger partial charge >= 0.3 is 0 Å². The van der Waals surface area contributed by atoms with Gasteiger partial charge in [0.1, 0.15) is 18.1 Å². The first kappa shape index (κ1) is 11.8. The van der Waals surface area contributed by atoms with Crippen LogP contribution in [0.4, 0.5) is 0 Å². The summed E-state index contributed by atoms with van der Waals surface area (Å²) in [6.45, 7) is 0. The Kier molecular flexibility index (Phi) is 3.15. The second-order valence-corrected chi connectivity index (χ2v) is 4.53. The molecule has 2 atom stereocenters. The third-order valence-electron chi connectivity index (χ3n) is 3.09. The second kappa shape index (κ2) is 4.79. The number of halogens is 1. The van der Waals surface area contributed by atoms with Crippen LogP contribution in [-0.4, -0.2) is 32.9 Å². The molecule has 0 spiro atoms. The molecule has 0 amide bonds. The lowest BCUT2D eigenvalue weighted by molar-refractivity contribution is -0.201. The molecule has 2 aromatic rings. The molecule has 0 aromatic carbocycles. The van der Waals surface area contributed by atoms with Crippen molar-refractivity contribution in [3.8, 4) is 0 Å². The summed E-state index contributed by atoms with van der Waals surface area (Å²) in [5.74, 6) is 0. The Morgan fingerprint density at radius 3 is 3.11 bits per heavy atom. The van der Waals surface area contributed by atoms with Crippen LogP contribution in [0.3, 0.4) is 0 Å². The van der Waals surface area contributed by atoms with Crippen LogP contribution in [0.1, 0.15) is 25.5 Å². The summed E-state index contributed by atoms with van der Waals surface area (Å²) in [5.41, 5.74) is 1.29. The zero-order valence-electron chi connectivity index (χ0n) is 9.91. The number of rotatable bonds is 2. The first-order valence-corrected chi connectivity index (χ1v) is 6.18. The third-order valence-corrected chi connectivity index (χ3v) is 3.36. The van der Waals surface area contributed by atoms with Crippen molar-refractivity contribution in [3.63, 3.8) is 0 Å². The summed E-state index contributed by atoms with van der Waals surface area (Å²) in [6, 6.07) is 0. The van der Waals surface area contributed by atoms with E-state index >= 15 is 0 Å². The normalized spacial score (nSPS) is 24.6.